The van der Waals surface area contributed by atoms with Crippen LogP contribution in [0.25, 0.3) is 10.9 Å². The molecule has 0 saturated carbocycles. The number of aromatic nitrogens is 1. The van der Waals surface area contributed by atoms with E-state index in [0.717, 1.165) is 18.5 Å². The van der Waals surface area contributed by atoms with Crippen molar-refractivity contribution >= 4 is 10.9 Å². The monoisotopic (exact) mass is 272 g/mol. The SMILES string of the molecule is C#Cc1ccc(C2NCCc3c2[nH]c2ccccc32)cc1. The second kappa shape index (κ2) is 4.80. The quantitative estimate of drug-likeness (QED) is 0.653. The van der Waals surface area contributed by atoms with Gasteiger partial charge in [-0.15, -0.1) is 6.42 Å². The van der Waals surface area contributed by atoms with Crippen molar-refractivity contribution in [1.29, 1.82) is 0 Å². The molecule has 1 aliphatic heterocycles. The highest BCUT2D eigenvalue weighted by atomic mass is 15.0. The lowest BCUT2D eigenvalue weighted by Crippen LogP contribution is -2.30. The summed E-state index contributed by atoms with van der Waals surface area (Å²) in [6, 6.07) is 17.0. The molecule has 2 N–H and O–H groups in total. The zero-order valence-electron chi connectivity index (χ0n) is 11.7. The van der Waals surface area contributed by atoms with E-state index >= 15 is 0 Å². The first-order valence-electron chi connectivity index (χ1n) is 7.26. The second-order valence-electron chi connectivity index (χ2n) is 5.47. The Morgan fingerprint density at radius 1 is 1.05 bits per heavy atom. The Balaban J connectivity index is 1.84. The number of benzene rings is 2. The molecule has 0 fully saturated rings. The fraction of sp³-hybridized carbons (Fsp3) is 0.158. The second-order valence-corrected chi connectivity index (χ2v) is 5.47. The van der Waals surface area contributed by atoms with Crippen LogP contribution in [0, 0.1) is 12.3 Å². The van der Waals surface area contributed by atoms with Crippen LogP contribution in [-0.2, 0) is 6.42 Å². The van der Waals surface area contributed by atoms with Crippen LogP contribution in [0.2, 0.25) is 0 Å². The van der Waals surface area contributed by atoms with Gasteiger partial charge in [-0.2, -0.15) is 0 Å². The van der Waals surface area contributed by atoms with Crippen LogP contribution in [0.4, 0.5) is 0 Å². The minimum atomic E-state index is 0.216. The highest BCUT2D eigenvalue weighted by molar-refractivity contribution is 5.85. The lowest BCUT2D eigenvalue weighted by atomic mass is 9.94. The molecular formula is C19H16N2. The number of hydrogen-bond donors (Lipinski definition) is 2. The maximum atomic E-state index is 5.43. The fourth-order valence-corrected chi connectivity index (χ4v) is 3.24. The molecule has 3 aromatic rings. The molecule has 1 unspecified atom stereocenters. The van der Waals surface area contributed by atoms with Crippen molar-refractivity contribution in [3.05, 3.63) is 70.9 Å². The van der Waals surface area contributed by atoms with Gasteiger partial charge in [0.15, 0.2) is 0 Å². The van der Waals surface area contributed by atoms with Crippen LogP contribution in [0.5, 0.6) is 0 Å². The Morgan fingerprint density at radius 2 is 1.86 bits per heavy atom. The van der Waals surface area contributed by atoms with E-state index in [1.165, 1.54) is 27.7 Å². The molecule has 2 nitrogen and oxygen atoms in total. The van der Waals surface area contributed by atoms with Crippen molar-refractivity contribution < 1.29 is 0 Å². The van der Waals surface area contributed by atoms with Gasteiger partial charge in [-0.25, -0.2) is 0 Å². The predicted octanol–water partition coefficient (Wildman–Crippen LogP) is 3.38. The van der Waals surface area contributed by atoms with Crippen molar-refractivity contribution in [2.45, 2.75) is 12.5 Å². The number of para-hydroxylation sites is 1. The molecule has 1 atom stereocenters. The Kier molecular flexibility index (Phi) is 2.80. The Bertz CT molecular complexity index is 834. The molecular weight excluding hydrogens is 256 g/mol. The summed E-state index contributed by atoms with van der Waals surface area (Å²) in [6.45, 7) is 0.996. The van der Waals surface area contributed by atoms with Gasteiger partial charge in [0.1, 0.15) is 0 Å². The van der Waals surface area contributed by atoms with E-state index in [-0.39, 0.29) is 6.04 Å². The average Bonchev–Trinajstić information content (AvgIpc) is 2.94. The third kappa shape index (κ3) is 1.94. The Labute approximate surface area is 124 Å². The van der Waals surface area contributed by atoms with E-state index in [2.05, 4.69) is 52.6 Å². The number of terminal acetylenes is 1. The lowest BCUT2D eigenvalue weighted by Gasteiger charge is -2.24. The molecule has 1 aliphatic rings. The number of hydrogen-bond acceptors (Lipinski definition) is 1. The lowest BCUT2D eigenvalue weighted by molar-refractivity contribution is 0.560. The molecule has 0 saturated heterocycles. The van der Waals surface area contributed by atoms with Gasteiger partial charge in [-0.05, 0) is 35.7 Å². The van der Waals surface area contributed by atoms with Crippen LogP contribution in [0.1, 0.15) is 28.4 Å². The summed E-state index contributed by atoms with van der Waals surface area (Å²) >= 11 is 0. The summed E-state index contributed by atoms with van der Waals surface area (Å²) in [7, 11) is 0. The van der Waals surface area contributed by atoms with Crippen LogP contribution < -0.4 is 5.32 Å². The number of aromatic amines is 1. The van der Waals surface area contributed by atoms with Crippen LogP contribution in [0.15, 0.2) is 48.5 Å². The van der Waals surface area contributed by atoms with E-state index < -0.39 is 0 Å². The smallest absolute Gasteiger partial charge is 0.0732 e. The number of rotatable bonds is 1. The molecule has 2 heterocycles. The summed E-state index contributed by atoms with van der Waals surface area (Å²) < 4.78 is 0. The third-order valence-corrected chi connectivity index (χ3v) is 4.27. The number of nitrogens with one attached hydrogen (secondary N) is 2. The first-order chi connectivity index (χ1) is 10.4. The van der Waals surface area contributed by atoms with Crippen molar-refractivity contribution in [3.63, 3.8) is 0 Å². The molecule has 102 valence electrons. The van der Waals surface area contributed by atoms with Gasteiger partial charge >= 0.3 is 0 Å². The van der Waals surface area contributed by atoms with E-state index in [4.69, 9.17) is 6.42 Å². The topological polar surface area (TPSA) is 27.8 Å². The van der Waals surface area contributed by atoms with Crippen LogP contribution in [-0.4, -0.2) is 11.5 Å². The van der Waals surface area contributed by atoms with E-state index in [0.29, 0.717) is 0 Å². The zero-order valence-corrected chi connectivity index (χ0v) is 11.7. The van der Waals surface area contributed by atoms with Crippen molar-refractivity contribution in [2.24, 2.45) is 0 Å². The molecule has 2 aromatic carbocycles. The van der Waals surface area contributed by atoms with Gasteiger partial charge in [-0.3, -0.25) is 0 Å². The van der Waals surface area contributed by atoms with Crippen molar-refractivity contribution in [3.8, 4) is 12.3 Å². The third-order valence-electron chi connectivity index (χ3n) is 4.27. The molecule has 0 aliphatic carbocycles. The molecule has 1 aromatic heterocycles. The van der Waals surface area contributed by atoms with E-state index in [1.807, 2.05) is 12.1 Å². The van der Waals surface area contributed by atoms with Gasteiger partial charge in [0, 0.05) is 28.7 Å². The van der Waals surface area contributed by atoms with Crippen molar-refractivity contribution in [1.82, 2.24) is 10.3 Å². The summed E-state index contributed by atoms with van der Waals surface area (Å²) in [5.74, 6) is 2.67. The largest absolute Gasteiger partial charge is 0.357 e. The Morgan fingerprint density at radius 3 is 2.67 bits per heavy atom. The van der Waals surface area contributed by atoms with Crippen LogP contribution >= 0.6 is 0 Å². The minimum absolute atomic E-state index is 0.216. The molecule has 4 rings (SSSR count). The predicted molar refractivity (Wildman–Crippen MR) is 86.2 cm³/mol. The summed E-state index contributed by atoms with van der Waals surface area (Å²) in [5, 5.41) is 4.95. The molecule has 21 heavy (non-hydrogen) atoms. The standard InChI is InChI=1S/C19H16N2/c1-2-13-7-9-14(10-8-13)18-19-16(11-12-20-18)15-5-3-4-6-17(15)21-19/h1,3-10,18,20-21H,11-12H2. The first-order valence-corrected chi connectivity index (χ1v) is 7.26. The van der Waals surface area contributed by atoms with Gasteiger partial charge < -0.3 is 10.3 Å². The van der Waals surface area contributed by atoms with Gasteiger partial charge in [-0.1, -0.05) is 36.3 Å². The normalized spacial score (nSPS) is 17.4. The van der Waals surface area contributed by atoms with E-state index in [1.54, 1.807) is 0 Å². The summed E-state index contributed by atoms with van der Waals surface area (Å²) in [6.07, 6.45) is 6.50. The molecule has 0 amide bonds. The Hall–Kier alpha value is -2.50. The highest BCUT2D eigenvalue weighted by Crippen LogP contribution is 2.33. The maximum Gasteiger partial charge on any atom is 0.0732 e. The molecule has 0 bridgehead atoms. The van der Waals surface area contributed by atoms with Crippen molar-refractivity contribution in [2.75, 3.05) is 6.54 Å². The molecule has 2 heteroatoms. The zero-order chi connectivity index (χ0) is 14.2. The van der Waals surface area contributed by atoms with Crippen LogP contribution in [0.3, 0.4) is 0 Å². The highest BCUT2D eigenvalue weighted by Gasteiger charge is 2.24. The molecule has 0 spiro atoms. The fourth-order valence-electron chi connectivity index (χ4n) is 3.24. The van der Waals surface area contributed by atoms with Gasteiger partial charge in [0.25, 0.3) is 0 Å². The summed E-state index contributed by atoms with van der Waals surface area (Å²) in [4.78, 5) is 3.59. The summed E-state index contributed by atoms with van der Waals surface area (Å²) in [5.41, 5.74) is 6.12. The number of H-pyrrole nitrogens is 1. The number of fused-ring (bicyclic) bond motifs is 3. The first kappa shape index (κ1) is 12.3. The average molecular weight is 272 g/mol. The van der Waals surface area contributed by atoms with Gasteiger partial charge in [0.2, 0.25) is 0 Å². The minimum Gasteiger partial charge on any atom is -0.357 e. The van der Waals surface area contributed by atoms with E-state index in [9.17, 15) is 0 Å². The molecule has 0 radical (unpaired) electrons. The van der Waals surface area contributed by atoms with Gasteiger partial charge in [0.05, 0.1) is 6.04 Å². The maximum absolute atomic E-state index is 5.43.